The van der Waals surface area contributed by atoms with Crippen molar-refractivity contribution in [3.8, 4) is 5.75 Å². The second kappa shape index (κ2) is 10.1. The summed E-state index contributed by atoms with van der Waals surface area (Å²) in [6.07, 6.45) is -4.63. The molecule has 3 unspecified atom stereocenters. The van der Waals surface area contributed by atoms with E-state index in [1.807, 2.05) is 12.1 Å². The van der Waals surface area contributed by atoms with Crippen LogP contribution in [0.1, 0.15) is 27.5 Å². The number of benzene rings is 3. The lowest BCUT2D eigenvalue weighted by Gasteiger charge is -2.29. The number of carbonyl (C=O) groups is 2. The fraction of sp³-hybridized carbons (Fsp3) is 0.179. The third kappa shape index (κ3) is 4.82. The molecule has 40 heavy (non-hydrogen) atoms. The average molecular weight is 603 g/mol. The molecule has 1 saturated heterocycles. The number of carbonyl (C=O) groups excluding carboxylic acids is 2. The number of nitrogens with one attached hydrogen (secondary N) is 1. The molecule has 2 aliphatic rings. The van der Waals surface area contributed by atoms with Gasteiger partial charge in [0.25, 0.3) is 0 Å². The average Bonchev–Trinajstić information content (AvgIpc) is 3.41. The first-order valence-corrected chi connectivity index (χ1v) is 14.1. The molecule has 2 aliphatic heterocycles. The molecule has 3 aromatic carbocycles. The Bertz CT molecular complexity index is 1690. The topological polar surface area (TPSA) is 79.5 Å². The molecule has 0 spiro atoms. The van der Waals surface area contributed by atoms with E-state index in [9.17, 15) is 27.6 Å². The second-order valence-electron chi connectivity index (χ2n) is 9.30. The largest absolute Gasteiger partial charge is 0.489 e. The molecule has 0 aliphatic carbocycles. The number of fused-ring (bicyclic) bond motifs is 2. The van der Waals surface area contributed by atoms with Gasteiger partial charge in [-0.25, -0.2) is 4.90 Å². The Kier molecular flexibility index (Phi) is 6.76. The molecule has 0 saturated carbocycles. The molecule has 1 fully saturated rings. The number of aromatic amines is 1. The van der Waals surface area contributed by atoms with Gasteiger partial charge in [0.15, 0.2) is 0 Å². The molecule has 1 N–H and O–H groups in total. The van der Waals surface area contributed by atoms with Gasteiger partial charge in [-0.2, -0.15) is 13.2 Å². The van der Waals surface area contributed by atoms with Crippen molar-refractivity contribution in [3.63, 3.8) is 0 Å². The number of thioether (sulfide) groups is 1. The molecule has 3 heterocycles. The fourth-order valence-electron chi connectivity index (χ4n) is 5.02. The molecule has 204 valence electrons. The molecular formula is C28H18ClF3N2O4S2. The quantitative estimate of drug-likeness (QED) is 0.264. The number of amides is 2. The van der Waals surface area contributed by atoms with E-state index in [4.69, 9.17) is 16.3 Å². The van der Waals surface area contributed by atoms with Crippen molar-refractivity contribution in [2.45, 2.75) is 29.0 Å². The standard InChI is InChI=1S/C28H18ClF3N2O4S2/c29-17-5-1-3-14(11-17)13-38-19-9-7-15(8-10-19)20-21-23(39-24-22(20)40-27(37)33-24)26(36)34(25(21)35)18-6-2-4-16(12-18)28(30,31)32/h1-12,20-21,23H,13H2,(H,33,37). The summed E-state index contributed by atoms with van der Waals surface area (Å²) in [4.78, 5) is 43.4. The lowest BCUT2D eigenvalue weighted by Crippen LogP contribution is -2.32. The monoisotopic (exact) mass is 602 g/mol. The van der Waals surface area contributed by atoms with Crippen molar-refractivity contribution in [1.82, 2.24) is 4.98 Å². The minimum absolute atomic E-state index is 0.139. The van der Waals surface area contributed by atoms with Crippen LogP contribution in [0.25, 0.3) is 0 Å². The number of ether oxygens (including phenoxy) is 1. The molecule has 6 rings (SSSR count). The third-order valence-electron chi connectivity index (χ3n) is 6.79. The van der Waals surface area contributed by atoms with Crippen molar-refractivity contribution in [2.24, 2.45) is 5.92 Å². The maximum Gasteiger partial charge on any atom is 0.416 e. The van der Waals surface area contributed by atoms with Crippen LogP contribution in [0.15, 0.2) is 82.6 Å². The van der Waals surface area contributed by atoms with Crippen LogP contribution in [0, 0.1) is 5.92 Å². The van der Waals surface area contributed by atoms with Crippen molar-refractivity contribution in [3.05, 3.63) is 109 Å². The highest BCUT2D eigenvalue weighted by molar-refractivity contribution is 8.00. The molecule has 1 aromatic heterocycles. The maximum absolute atomic E-state index is 13.8. The van der Waals surface area contributed by atoms with E-state index in [1.165, 1.54) is 12.1 Å². The summed E-state index contributed by atoms with van der Waals surface area (Å²) >= 11 is 8.05. The van der Waals surface area contributed by atoms with Gasteiger partial charge in [-0.15, -0.1) is 0 Å². The normalized spacial score (nSPS) is 20.4. The van der Waals surface area contributed by atoms with E-state index in [1.54, 1.807) is 36.4 Å². The Morgan fingerprint density at radius 3 is 2.42 bits per heavy atom. The van der Waals surface area contributed by atoms with Gasteiger partial charge in [0.1, 0.15) is 17.6 Å². The zero-order valence-corrected chi connectivity index (χ0v) is 22.7. The van der Waals surface area contributed by atoms with Gasteiger partial charge in [0, 0.05) is 15.8 Å². The van der Waals surface area contributed by atoms with Crippen LogP contribution in [0.5, 0.6) is 5.75 Å². The summed E-state index contributed by atoms with van der Waals surface area (Å²) in [5.74, 6) is -2.24. The number of anilines is 1. The molecule has 12 heteroatoms. The molecular weight excluding hydrogens is 585 g/mol. The van der Waals surface area contributed by atoms with E-state index < -0.39 is 40.6 Å². The first-order valence-electron chi connectivity index (χ1n) is 12.0. The lowest BCUT2D eigenvalue weighted by atomic mass is 9.83. The maximum atomic E-state index is 13.8. The van der Waals surface area contributed by atoms with Crippen LogP contribution >= 0.6 is 34.7 Å². The predicted octanol–water partition coefficient (Wildman–Crippen LogP) is 6.48. The van der Waals surface area contributed by atoms with E-state index in [0.717, 1.165) is 45.7 Å². The number of hydrogen-bond acceptors (Lipinski definition) is 6. The van der Waals surface area contributed by atoms with Crippen LogP contribution < -0.4 is 14.5 Å². The molecule has 2 amide bonds. The molecule has 3 atom stereocenters. The second-order valence-corrected chi connectivity index (χ2v) is 11.9. The number of aromatic nitrogens is 1. The number of halogens is 4. The van der Waals surface area contributed by atoms with Gasteiger partial charge in [0.2, 0.25) is 11.8 Å². The summed E-state index contributed by atoms with van der Waals surface area (Å²) in [6, 6.07) is 18.4. The van der Waals surface area contributed by atoms with Crippen LogP contribution in [-0.2, 0) is 22.4 Å². The summed E-state index contributed by atoms with van der Waals surface area (Å²) in [5, 5.41) is 0.163. The Hall–Kier alpha value is -3.54. The van der Waals surface area contributed by atoms with E-state index in [2.05, 4.69) is 4.98 Å². The smallest absolute Gasteiger partial charge is 0.416 e. The van der Waals surface area contributed by atoms with Crippen LogP contribution in [0.4, 0.5) is 18.9 Å². The summed E-state index contributed by atoms with van der Waals surface area (Å²) in [7, 11) is 0. The highest BCUT2D eigenvalue weighted by atomic mass is 35.5. The van der Waals surface area contributed by atoms with E-state index in [-0.39, 0.29) is 17.2 Å². The fourth-order valence-corrected chi connectivity index (χ4v) is 7.74. The van der Waals surface area contributed by atoms with Crippen molar-refractivity contribution < 1.29 is 27.5 Å². The number of alkyl halides is 3. The van der Waals surface area contributed by atoms with E-state index >= 15 is 0 Å². The van der Waals surface area contributed by atoms with Crippen LogP contribution in [-0.4, -0.2) is 22.0 Å². The minimum Gasteiger partial charge on any atom is -0.489 e. The SMILES string of the molecule is O=C1C2Sc3[nH]c(=O)sc3C(c3ccc(OCc4cccc(Cl)c4)cc3)C2C(=O)N1c1cccc(C(F)(F)F)c1. The number of H-pyrrole nitrogens is 1. The highest BCUT2D eigenvalue weighted by Gasteiger charge is 2.56. The Balaban J connectivity index is 1.33. The highest BCUT2D eigenvalue weighted by Crippen LogP contribution is 2.53. The first-order chi connectivity index (χ1) is 19.1. The van der Waals surface area contributed by atoms with Crippen molar-refractivity contribution in [2.75, 3.05) is 4.90 Å². The van der Waals surface area contributed by atoms with Gasteiger partial charge in [-0.3, -0.25) is 14.4 Å². The lowest BCUT2D eigenvalue weighted by molar-refractivity contribution is -0.137. The number of thiazole rings is 1. The summed E-state index contributed by atoms with van der Waals surface area (Å²) in [5.41, 5.74) is 0.464. The zero-order chi connectivity index (χ0) is 28.2. The number of hydrogen-bond donors (Lipinski definition) is 1. The van der Waals surface area contributed by atoms with Gasteiger partial charge in [-0.1, -0.05) is 65.0 Å². The first kappa shape index (κ1) is 26.7. The Morgan fingerprint density at radius 2 is 1.70 bits per heavy atom. The van der Waals surface area contributed by atoms with Gasteiger partial charge >= 0.3 is 11.0 Å². The van der Waals surface area contributed by atoms with Crippen LogP contribution in [0.2, 0.25) is 5.02 Å². The molecule has 6 nitrogen and oxygen atoms in total. The number of imide groups is 1. The molecule has 4 aromatic rings. The number of rotatable bonds is 5. The van der Waals surface area contributed by atoms with Crippen molar-refractivity contribution in [1.29, 1.82) is 0 Å². The Labute approximate surface area is 238 Å². The van der Waals surface area contributed by atoms with Crippen molar-refractivity contribution >= 4 is 52.2 Å². The third-order valence-corrected chi connectivity index (χ3v) is 9.43. The Morgan fingerprint density at radius 1 is 0.950 bits per heavy atom. The summed E-state index contributed by atoms with van der Waals surface area (Å²) < 4.78 is 46.0. The van der Waals surface area contributed by atoms with Gasteiger partial charge in [-0.05, 0) is 53.6 Å². The predicted molar refractivity (Wildman–Crippen MR) is 146 cm³/mol. The van der Waals surface area contributed by atoms with Gasteiger partial charge in [0.05, 0.1) is 22.2 Å². The molecule has 0 bridgehead atoms. The van der Waals surface area contributed by atoms with Gasteiger partial charge < -0.3 is 9.72 Å². The van der Waals surface area contributed by atoms with Crippen LogP contribution in [0.3, 0.4) is 0 Å². The molecule has 0 radical (unpaired) electrons. The number of nitrogens with zero attached hydrogens (tertiary/aromatic N) is 1. The minimum atomic E-state index is -4.63. The summed E-state index contributed by atoms with van der Waals surface area (Å²) in [6.45, 7) is 0.285. The van der Waals surface area contributed by atoms with E-state index in [0.29, 0.717) is 26.2 Å². The zero-order valence-electron chi connectivity index (χ0n) is 20.3.